The summed E-state index contributed by atoms with van der Waals surface area (Å²) in [5, 5.41) is 7.53. The number of nitrogens with zero attached hydrogens (tertiary/aromatic N) is 2. The molecule has 0 atom stereocenters. The zero-order valence-corrected chi connectivity index (χ0v) is 12.2. The highest BCUT2D eigenvalue weighted by Crippen LogP contribution is 2.30. The van der Waals surface area contributed by atoms with Gasteiger partial charge in [0, 0.05) is 17.1 Å². The Hall–Kier alpha value is -0.870. The molecule has 0 bridgehead atoms. The third-order valence-electron chi connectivity index (χ3n) is 3.16. The third kappa shape index (κ3) is 3.56. The van der Waals surface area contributed by atoms with E-state index in [4.69, 9.17) is 11.6 Å². The maximum Gasteiger partial charge on any atom is 0.147 e. The van der Waals surface area contributed by atoms with E-state index in [-0.39, 0.29) is 11.1 Å². The molecule has 1 aliphatic rings. The first kappa shape index (κ1) is 13.6. The van der Waals surface area contributed by atoms with Crippen molar-refractivity contribution >= 4 is 17.4 Å². The second-order valence-corrected chi connectivity index (χ2v) is 6.75. The van der Waals surface area contributed by atoms with E-state index in [1.54, 1.807) is 12.4 Å². The van der Waals surface area contributed by atoms with E-state index in [9.17, 15) is 0 Å². The molecule has 100 valence electrons. The fourth-order valence-electron chi connectivity index (χ4n) is 3.02. The van der Waals surface area contributed by atoms with Crippen LogP contribution in [0, 0.1) is 0 Å². The van der Waals surface area contributed by atoms with Crippen LogP contribution >= 0.6 is 11.6 Å². The zero-order valence-electron chi connectivity index (χ0n) is 11.4. The van der Waals surface area contributed by atoms with Crippen LogP contribution in [0.3, 0.4) is 0 Å². The molecular formula is C13H21ClN4. The second kappa shape index (κ2) is 4.67. The molecule has 0 aliphatic carbocycles. The van der Waals surface area contributed by atoms with E-state index in [0.717, 1.165) is 18.7 Å². The average Bonchev–Trinajstić information content (AvgIpc) is 2.16. The average molecular weight is 269 g/mol. The zero-order chi connectivity index (χ0) is 13.4. The van der Waals surface area contributed by atoms with E-state index in [1.165, 1.54) is 0 Å². The Morgan fingerprint density at radius 2 is 1.78 bits per heavy atom. The fraction of sp³-hybridized carbons (Fsp3) is 0.692. The van der Waals surface area contributed by atoms with Crippen molar-refractivity contribution in [2.75, 3.05) is 5.32 Å². The van der Waals surface area contributed by atoms with Crippen LogP contribution in [-0.4, -0.2) is 27.1 Å². The fourth-order valence-corrected chi connectivity index (χ4v) is 3.12. The summed E-state index contributed by atoms with van der Waals surface area (Å²) in [7, 11) is 0. The molecule has 0 aromatic carbocycles. The van der Waals surface area contributed by atoms with Gasteiger partial charge in [-0.3, -0.25) is 0 Å². The van der Waals surface area contributed by atoms with Crippen LogP contribution < -0.4 is 10.6 Å². The van der Waals surface area contributed by atoms with Gasteiger partial charge in [-0.2, -0.15) is 0 Å². The Morgan fingerprint density at radius 1 is 1.17 bits per heavy atom. The Labute approximate surface area is 114 Å². The highest BCUT2D eigenvalue weighted by Gasteiger charge is 2.37. The summed E-state index contributed by atoms with van der Waals surface area (Å²) >= 11 is 5.73. The van der Waals surface area contributed by atoms with Crippen LogP contribution in [0.15, 0.2) is 12.4 Å². The molecule has 0 amide bonds. The van der Waals surface area contributed by atoms with E-state index in [1.807, 2.05) is 0 Å². The van der Waals surface area contributed by atoms with Gasteiger partial charge < -0.3 is 10.6 Å². The number of aromatic nitrogens is 2. The van der Waals surface area contributed by atoms with Crippen molar-refractivity contribution in [2.24, 2.45) is 0 Å². The van der Waals surface area contributed by atoms with Crippen LogP contribution in [0.2, 0.25) is 5.15 Å². The largest absolute Gasteiger partial charge is 0.366 e. The minimum absolute atomic E-state index is 0.124. The first-order chi connectivity index (χ1) is 8.26. The van der Waals surface area contributed by atoms with Gasteiger partial charge in [0.05, 0.1) is 12.4 Å². The standard InChI is InChI=1S/C13H21ClN4/c1-12(2)5-9(6-13(3,4)18-12)17-11-8-15-10(14)7-16-11/h7-9,18H,5-6H2,1-4H3,(H,16,17). The van der Waals surface area contributed by atoms with Gasteiger partial charge in [-0.05, 0) is 40.5 Å². The molecule has 5 heteroatoms. The Bertz CT molecular complexity index is 398. The molecule has 1 aliphatic heterocycles. The molecule has 1 fully saturated rings. The molecule has 1 saturated heterocycles. The first-order valence-corrected chi connectivity index (χ1v) is 6.67. The summed E-state index contributed by atoms with van der Waals surface area (Å²) in [5.74, 6) is 0.790. The molecule has 2 N–H and O–H groups in total. The molecule has 0 unspecified atom stereocenters. The van der Waals surface area contributed by atoms with Crippen LogP contribution in [-0.2, 0) is 0 Å². The van der Waals surface area contributed by atoms with Gasteiger partial charge in [0.15, 0.2) is 0 Å². The van der Waals surface area contributed by atoms with Gasteiger partial charge in [0.1, 0.15) is 11.0 Å². The van der Waals surface area contributed by atoms with Gasteiger partial charge in [0.2, 0.25) is 0 Å². The van der Waals surface area contributed by atoms with Crippen LogP contribution in [0.5, 0.6) is 0 Å². The van der Waals surface area contributed by atoms with Gasteiger partial charge in [-0.1, -0.05) is 11.6 Å². The van der Waals surface area contributed by atoms with Crippen LogP contribution in [0.25, 0.3) is 0 Å². The van der Waals surface area contributed by atoms with Crippen LogP contribution in [0.4, 0.5) is 5.82 Å². The first-order valence-electron chi connectivity index (χ1n) is 6.29. The van der Waals surface area contributed by atoms with Gasteiger partial charge in [0.25, 0.3) is 0 Å². The maximum atomic E-state index is 5.73. The van der Waals surface area contributed by atoms with Crippen molar-refractivity contribution < 1.29 is 0 Å². The van der Waals surface area contributed by atoms with E-state index in [2.05, 4.69) is 48.3 Å². The molecule has 2 rings (SSSR count). The maximum absolute atomic E-state index is 5.73. The minimum Gasteiger partial charge on any atom is -0.366 e. The Kier molecular flexibility index (Phi) is 3.52. The van der Waals surface area contributed by atoms with Crippen molar-refractivity contribution in [2.45, 2.75) is 57.7 Å². The lowest BCUT2D eigenvalue weighted by atomic mass is 9.79. The second-order valence-electron chi connectivity index (χ2n) is 6.37. The summed E-state index contributed by atoms with van der Waals surface area (Å²) in [6, 6.07) is 0.395. The number of nitrogens with one attached hydrogen (secondary N) is 2. The smallest absolute Gasteiger partial charge is 0.147 e. The van der Waals surface area contributed by atoms with E-state index in [0.29, 0.717) is 11.2 Å². The predicted molar refractivity (Wildman–Crippen MR) is 75.0 cm³/mol. The number of hydrogen-bond acceptors (Lipinski definition) is 4. The molecular weight excluding hydrogens is 248 g/mol. The Morgan fingerprint density at radius 3 is 2.28 bits per heavy atom. The highest BCUT2D eigenvalue weighted by atomic mass is 35.5. The quantitative estimate of drug-likeness (QED) is 0.866. The predicted octanol–water partition coefficient (Wildman–Crippen LogP) is 2.85. The number of halogens is 1. The molecule has 4 nitrogen and oxygen atoms in total. The van der Waals surface area contributed by atoms with Crippen molar-refractivity contribution in [3.8, 4) is 0 Å². The van der Waals surface area contributed by atoms with Gasteiger partial charge in [-0.15, -0.1) is 0 Å². The van der Waals surface area contributed by atoms with Crippen molar-refractivity contribution in [1.29, 1.82) is 0 Å². The molecule has 0 spiro atoms. The summed E-state index contributed by atoms with van der Waals surface area (Å²) in [5.41, 5.74) is 0.249. The SMILES string of the molecule is CC1(C)CC(Nc2cnc(Cl)cn2)CC(C)(C)N1. The van der Waals surface area contributed by atoms with Crippen LogP contribution in [0.1, 0.15) is 40.5 Å². The van der Waals surface area contributed by atoms with Crippen molar-refractivity contribution in [1.82, 2.24) is 15.3 Å². The normalized spacial score (nSPS) is 22.7. The van der Waals surface area contributed by atoms with Crippen molar-refractivity contribution in [3.05, 3.63) is 17.5 Å². The summed E-state index contributed by atoms with van der Waals surface area (Å²) in [4.78, 5) is 8.28. The molecule has 18 heavy (non-hydrogen) atoms. The molecule has 0 saturated carbocycles. The van der Waals surface area contributed by atoms with E-state index >= 15 is 0 Å². The lowest BCUT2D eigenvalue weighted by Gasteiger charge is -2.46. The minimum atomic E-state index is 0.124. The van der Waals surface area contributed by atoms with Crippen molar-refractivity contribution in [3.63, 3.8) is 0 Å². The van der Waals surface area contributed by atoms with Gasteiger partial charge >= 0.3 is 0 Å². The lowest BCUT2D eigenvalue weighted by Crippen LogP contribution is -2.60. The number of hydrogen-bond donors (Lipinski definition) is 2. The van der Waals surface area contributed by atoms with Gasteiger partial charge in [-0.25, -0.2) is 9.97 Å². The lowest BCUT2D eigenvalue weighted by molar-refractivity contribution is 0.170. The topological polar surface area (TPSA) is 49.8 Å². The monoisotopic (exact) mass is 268 g/mol. The summed E-state index contributed by atoms with van der Waals surface area (Å²) in [6.45, 7) is 8.93. The molecule has 2 heterocycles. The summed E-state index contributed by atoms with van der Waals surface area (Å²) < 4.78 is 0. The Balaban J connectivity index is 2.07. The highest BCUT2D eigenvalue weighted by molar-refractivity contribution is 6.29. The molecule has 1 aromatic rings. The van der Waals surface area contributed by atoms with E-state index < -0.39 is 0 Å². The third-order valence-corrected chi connectivity index (χ3v) is 3.36. The molecule has 0 radical (unpaired) electrons. The number of piperidine rings is 1. The molecule has 1 aromatic heterocycles. The summed E-state index contributed by atoms with van der Waals surface area (Å²) in [6.07, 6.45) is 5.37. The number of anilines is 1. The number of rotatable bonds is 2.